The molecule has 2 fully saturated rings. The minimum absolute atomic E-state index is 0.0233. The van der Waals surface area contributed by atoms with Gasteiger partial charge in [-0.15, -0.1) is 0 Å². The molecule has 3 rings (SSSR count). The lowest BCUT2D eigenvalue weighted by Gasteiger charge is -2.36. The average molecular weight is 247 g/mol. The van der Waals surface area contributed by atoms with Gasteiger partial charge >= 0.3 is 0 Å². The van der Waals surface area contributed by atoms with Gasteiger partial charge in [-0.1, -0.05) is 0 Å². The van der Waals surface area contributed by atoms with Crippen LogP contribution in [0.5, 0.6) is 0 Å². The molecule has 0 aromatic carbocycles. The van der Waals surface area contributed by atoms with Crippen LogP contribution in [0.15, 0.2) is 18.3 Å². The van der Waals surface area contributed by atoms with E-state index in [-0.39, 0.29) is 6.61 Å². The van der Waals surface area contributed by atoms with Crippen molar-refractivity contribution in [2.45, 2.75) is 19.4 Å². The van der Waals surface area contributed by atoms with Crippen molar-refractivity contribution in [3.8, 4) is 0 Å². The van der Waals surface area contributed by atoms with Crippen LogP contribution < -0.4 is 4.90 Å². The number of pyridine rings is 1. The smallest absolute Gasteiger partial charge is 0.0853 e. The number of hydrogen-bond acceptors (Lipinski definition) is 4. The van der Waals surface area contributed by atoms with Gasteiger partial charge in [0.2, 0.25) is 0 Å². The Kier molecular flexibility index (Phi) is 3.48. The Morgan fingerprint density at radius 3 is 2.67 bits per heavy atom. The zero-order valence-corrected chi connectivity index (χ0v) is 10.8. The van der Waals surface area contributed by atoms with Crippen LogP contribution in [-0.2, 0) is 6.61 Å². The van der Waals surface area contributed by atoms with Crippen LogP contribution in [0.25, 0.3) is 0 Å². The lowest BCUT2D eigenvalue weighted by molar-refractivity contribution is 0.248. The number of aliphatic hydroxyl groups excluding tert-OH is 1. The van der Waals surface area contributed by atoms with Crippen LogP contribution in [0.1, 0.15) is 18.5 Å². The maximum atomic E-state index is 9.12. The van der Waals surface area contributed by atoms with Crippen LogP contribution >= 0.6 is 0 Å². The first kappa shape index (κ1) is 11.9. The third-order valence-electron chi connectivity index (χ3n) is 3.91. The van der Waals surface area contributed by atoms with E-state index < -0.39 is 0 Å². The Labute approximate surface area is 108 Å². The molecule has 1 N–H and O–H groups in total. The van der Waals surface area contributed by atoms with Crippen molar-refractivity contribution in [1.82, 2.24) is 9.88 Å². The van der Waals surface area contributed by atoms with E-state index in [9.17, 15) is 0 Å². The summed E-state index contributed by atoms with van der Waals surface area (Å²) in [5.74, 6) is 0.985. The van der Waals surface area contributed by atoms with E-state index in [0.29, 0.717) is 0 Å². The fourth-order valence-electron chi connectivity index (χ4n) is 2.60. The van der Waals surface area contributed by atoms with Crippen LogP contribution in [0.3, 0.4) is 0 Å². The second kappa shape index (κ2) is 5.24. The molecule has 1 saturated carbocycles. The Balaban J connectivity index is 1.57. The van der Waals surface area contributed by atoms with E-state index in [4.69, 9.17) is 5.11 Å². The molecular weight excluding hydrogens is 226 g/mol. The first-order valence-corrected chi connectivity index (χ1v) is 6.88. The number of rotatable bonds is 4. The summed E-state index contributed by atoms with van der Waals surface area (Å²) in [5, 5.41) is 9.12. The van der Waals surface area contributed by atoms with Crippen LogP contribution in [0.4, 0.5) is 5.69 Å². The number of piperazine rings is 1. The molecule has 98 valence electrons. The van der Waals surface area contributed by atoms with Crippen molar-refractivity contribution in [3.63, 3.8) is 0 Å². The number of anilines is 1. The van der Waals surface area contributed by atoms with Gasteiger partial charge in [0.15, 0.2) is 0 Å². The lowest BCUT2D eigenvalue weighted by Crippen LogP contribution is -2.47. The number of aliphatic hydroxyl groups is 1. The first-order valence-electron chi connectivity index (χ1n) is 6.88. The molecule has 0 unspecified atom stereocenters. The molecule has 0 amide bonds. The zero-order chi connectivity index (χ0) is 12.4. The van der Waals surface area contributed by atoms with Gasteiger partial charge in [0.1, 0.15) is 0 Å². The molecule has 18 heavy (non-hydrogen) atoms. The summed E-state index contributed by atoms with van der Waals surface area (Å²) in [6.45, 7) is 5.81. The van der Waals surface area contributed by atoms with Crippen molar-refractivity contribution in [2.75, 3.05) is 37.6 Å². The second-order valence-corrected chi connectivity index (χ2v) is 5.39. The molecule has 1 aromatic rings. The Hall–Kier alpha value is -1.13. The zero-order valence-electron chi connectivity index (χ0n) is 10.8. The van der Waals surface area contributed by atoms with Crippen molar-refractivity contribution in [1.29, 1.82) is 0 Å². The Morgan fingerprint density at radius 2 is 2.00 bits per heavy atom. The fraction of sp³-hybridized carbons (Fsp3) is 0.643. The molecule has 1 saturated heterocycles. The molecule has 1 aliphatic heterocycles. The van der Waals surface area contributed by atoms with E-state index in [1.807, 2.05) is 12.1 Å². The largest absolute Gasteiger partial charge is 0.390 e. The molecule has 1 aliphatic carbocycles. The van der Waals surface area contributed by atoms with Gasteiger partial charge in [0, 0.05) is 44.6 Å². The highest BCUT2D eigenvalue weighted by atomic mass is 16.3. The van der Waals surface area contributed by atoms with Gasteiger partial charge in [-0.25, -0.2) is 0 Å². The maximum absolute atomic E-state index is 9.12. The molecular formula is C14H21N3O. The molecule has 2 aliphatic rings. The Bertz CT molecular complexity index is 398. The quantitative estimate of drug-likeness (QED) is 0.865. The third-order valence-corrected chi connectivity index (χ3v) is 3.91. The molecule has 2 heterocycles. The summed E-state index contributed by atoms with van der Waals surface area (Å²) in [6.07, 6.45) is 4.66. The van der Waals surface area contributed by atoms with Gasteiger partial charge < -0.3 is 10.0 Å². The molecule has 1 aromatic heterocycles. The predicted molar refractivity (Wildman–Crippen MR) is 71.5 cm³/mol. The van der Waals surface area contributed by atoms with Gasteiger partial charge in [0.25, 0.3) is 0 Å². The molecule has 0 radical (unpaired) electrons. The van der Waals surface area contributed by atoms with Gasteiger partial charge in [-0.05, 0) is 30.9 Å². The van der Waals surface area contributed by atoms with E-state index in [1.54, 1.807) is 6.20 Å². The minimum atomic E-state index is 0.0233. The highest BCUT2D eigenvalue weighted by Gasteiger charge is 2.26. The first-order chi connectivity index (χ1) is 8.85. The average Bonchev–Trinajstić information content (AvgIpc) is 3.24. The molecule has 0 bridgehead atoms. The number of nitrogens with zero attached hydrogens (tertiary/aromatic N) is 3. The molecule has 4 heteroatoms. The summed E-state index contributed by atoms with van der Waals surface area (Å²) in [4.78, 5) is 9.11. The summed E-state index contributed by atoms with van der Waals surface area (Å²) in [7, 11) is 0. The normalized spacial score (nSPS) is 21.3. The molecule has 0 atom stereocenters. The van der Waals surface area contributed by atoms with Crippen molar-refractivity contribution >= 4 is 5.69 Å². The second-order valence-electron chi connectivity index (χ2n) is 5.39. The van der Waals surface area contributed by atoms with E-state index in [2.05, 4.69) is 14.8 Å². The summed E-state index contributed by atoms with van der Waals surface area (Å²) in [6, 6.07) is 4.03. The van der Waals surface area contributed by atoms with Crippen LogP contribution in [-0.4, -0.2) is 47.7 Å². The SMILES string of the molecule is OCc1cc(N2CCN(CC3CC3)CC2)ccn1. The van der Waals surface area contributed by atoms with E-state index >= 15 is 0 Å². The van der Waals surface area contributed by atoms with Crippen LogP contribution in [0.2, 0.25) is 0 Å². The monoisotopic (exact) mass is 247 g/mol. The van der Waals surface area contributed by atoms with Crippen molar-refractivity contribution < 1.29 is 5.11 Å². The fourth-order valence-corrected chi connectivity index (χ4v) is 2.60. The third kappa shape index (κ3) is 2.82. The number of aromatic nitrogens is 1. The molecule has 0 spiro atoms. The summed E-state index contributed by atoms with van der Waals surface area (Å²) >= 11 is 0. The standard InChI is InChI=1S/C14H21N3O/c18-11-13-9-14(3-4-15-13)17-7-5-16(6-8-17)10-12-1-2-12/h3-4,9,12,18H,1-2,5-8,10-11H2. The lowest BCUT2D eigenvalue weighted by atomic mass is 10.2. The van der Waals surface area contributed by atoms with E-state index in [0.717, 1.165) is 37.8 Å². The Morgan fingerprint density at radius 1 is 1.22 bits per heavy atom. The van der Waals surface area contributed by atoms with Crippen LogP contribution in [0, 0.1) is 5.92 Å². The number of hydrogen-bond donors (Lipinski definition) is 1. The van der Waals surface area contributed by atoms with Crippen molar-refractivity contribution in [3.05, 3.63) is 24.0 Å². The van der Waals surface area contributed by atoms with E-state index in [1.165, 1.54) is 25.1 Å². The summed E-state index contributed by atoms with van der Waals surface area (Å²) < 4.78 is 0. The van der Waals surface area contributed by atoms with Gasteiger partial charge in [0.05, 0.1) is 12.3 Å². The molecule has 4 nitrogen and oxygen atoms in total. The predicted octanol–water partition coefficient (Wildman–Crippen LogP) is 1.11. The highest BCUT2D eigenvalue weighted by molar-refractivity contribution is 5.46. The summed E-state index contributed by atoms with van der Waals surface area (Å²) in [5.41, 5.74) is 1.95. The van der Waals surface area contributed by atoms with Gasteiger partial charge in [-0.3, -0.25) is 9.88 Å². The topological polar surface area (TPSA) is 39.6 Å². The van der Waals surface area contributed by atoms with Crippen molar-refractivity contribution in [2.24, 2.45) is 5.92 Å². The van der Waals surface area contributed by atoms with Gasteiger partial charge in [-0.2, -0.15) is 0 Å². The minimum Gasteiger partial charge on any atom is -0.390 e. The maximum Gasteiger partial charge on any atom is 0.0853 e. The highest BCUT2D eigenvalue weighted by Crippen LogP contribution is 2.30.